The average Bonchev–Trinajstić information content (AvgIpc) is 2.54. The minimum atomic E-state index is 0.467. The van der Waals surface area contributed by atoms with Gasteiger partial charge in [-0.25, -0.2) is 0 Å². The molecule has 2 aliphatic rings. The first-order valence-electron chi connectivity index (χ1n) is 7.94. The lowest BCUT2D eigenvalue weighted by Crippen LogP contribution is -2.35. The average molecular weight is 279 g/mol. The second-order valence-corrected chi connectivity index (χ2v) is 6.24. The Morgan fingerprint density at radius 2 is 1.81 bits per heavy atom. The third-order valence-corrected chi connectivity index (χ3v) is 5.05. The molecule has 4 rings (SSSR count). The van der Waals surface area contributed by atoms with E-state index in [1.807, 2.05) is 12.1 Å². The highest BCUT2D eigenvalue weighted by atomic mass is 16.3. The maximum atomic E-state index is 10.1. The molecular formula is C19H21NO. The summed E-state index contributed by atoms with van der Waals surface area (Å²) >= 11 is 0. The molecule has 0 spiro atoms. The van der Waals surface area contributed by atoms with E-state index < -0.39 is 0 Å². The zero-order valence-electron chi connectivity index (χ0n) is 12.3. The molecule has 0 saturated heterocycles. The number of phenolic OH excluding ortho intramolecular Hbond substituents is 1. The van der Waals surface area contributed by atoms with Crippen LogP contribution >= 0.6 is 0 Å². The summed E-state index contributed by atoms with van der Waals surface area (Å²) in [7, 11) is 0. The number of benzene rings is 2. The summed E-state index contributed by atoms with van der Waals surface area (Å²) in [5.41, 5.74) is 5.49. The van der Waals surface area contributed by atoms with E-state index in [-0.39, 0.29) is 0 Å². The highest BCUT2D eigenvalue weighted by molar-refractivity contribution is 5.43. The van der Waals surface area contributed by atoms with E-state index in [0.717, 1.165) is 25.9 Å². The summed E-state index contributed by atoms with van der Waals surface area (Å²) in [6.07, 6.45) is 4.54. The quantitative estimate of drug-likeness (QED) is 0.857. The number of aromatic hydroxyl groups is 1. The number of fused-ring (bicyclic) bond motifs is 2. The smallest absolute Gasteiger partial charge is 0.119 e. The summed E-state index contributed by atoms with van der Waals surface area (Å²) in [6.45, 7) is 2.16. The fourth-order valence-corrected chi connectivity index (χ4v) is 3.97. The standard InChI is InChI=1S/C19H21NO/c21-19-10-4-7-16-17(19)8-3-9-18(16)20-12-11-14-5-1-2-6-15(14)13-20/h1-2,4-7,10,18,21H,3,8-9,11-13H2. The molecule has 1 atom stereocenters. The molecule has 2 heteroatoms. The van der Waals surface area contributed by atoms with Gasteiger partial charge in [-0.05, 0) is 54.0 Å². The molecule has 2 aromatic carbocycles. The maximum Gasteiger partial charge on any atom is 0.119 e. The molecule has 1 aliphatic heterocycles. The lowest BCUT2D eigenvalue weighted by Gasteiger charge is -2.39. The van der Waals surface area contributed by atoms with Crippen molar-refractivity contribution in [2.24, 2.45) is 0 Å². The molecule has 1 N–H and O–H groups in total. The Hall–Kier alpha value is -1.80. The summed E-state index contributed by atoms with van der Waals surface area (Å²) in [4.78, 5) is 2.60. The monoisotopic (exact) mass is 279 g/mol. The Morgan fingerprint density at radius 1 is 0.952 bits per heavy atom. The van der Waals surface area contributed by atoms with E-state index in [9.17, 15) is 5.11 Å². The molecule has 1 heterocycles. The highest BCUT2D eigenvalue weighted by Crippen LogP contribution is 2.39. The van der Waals surface area contributed by atoms with Crippen LogP contribution in [0.3, 0.4) is 0 Å². The summed E-state index contributed by atoms with van der Waals surface area (Å²) in [5.74, 6) is 0.481. The van der Waals surface area contributed by atoms with E-state index in [1.165, 1.54) is 35.1 Å². The Kier molecular flexibility index (Phi) is 3.19. The van der Waals surface area contributed by atoms with Gasteiger partial charge < -0.3 is 5.11 Å². The van der Waals surface area contributed by atoms with E-state index in [1.54, 1.807) is 0 Å². The van der Waals surface area contributed by atoms with Crippen LogP contribution in [-0.4, -0.2) is 16.6 Å². The van der Waals surface area contributed by atoms with Crippen LogP contribution in [0.25, 0.3) is 0 Å². The number of nitrogens with zero attached hydrogens (tertiary/aromatic N) is 1. The molecule has 21 heavy (non-hydrogen) atoms. The van der Waals surface area contributed by atoms with E-state index in [0.29, 0.717) is 11.8 Å². The van der Waals surface area contributed by atoms with Crippen molar-refractivity contribution in [1.29, 1.82) is 0 Å². The van der Waals surface area contributed by atoms with Crippen LogP contribution in [0.5, 0.6) is 5.75 Å². The Labute approximate surface area is 126 Å². The first-order valence-corrected chi connectivity index (χ1v) is 7.94. The van der Waals surface area contributed by atoms with Gasteiger partial charge in [-0.15, -0.1) is 0 Å². The molecule has 1 unspecified atom stereocenters. The first-order chi connectivity index (χ1) is 10.3. The van der Waals surface area contributed by atoms with Gasteiger partial charge in [-0.2, -0.15) is 0 Å². The second kappa shape index (κ2) is 5.19. The van der Waals surface area contributed by atoms with Gasteiger partial charge in [0.1, 0.15) is 5.75 Å². The van der Waals surface area contributed by atoms with E-state index >= 15 is 0 Å². The van der Waals surface area contributed by atoms with Gasteiger partial charge in [-0.1, -0.05) is 36.4 Å². The molecule has 1 aliphatic carbocycles. The first kappa shape index (κ1) is 12.9. The lowest BCUT2D eigenvalue weighted by molar-refractivity contribution is 0.161. The van der Waals surface area contributed by atoms with Gasteiger partial charge >= 0.3 is 0 Å². The molecule has 0 fully saturated rings. The third kappa shape index (κ3) is 2.24. The van der Waals surface area contributed by atoms with Crippen molar-refractivity contribution >= 4 is 0 Å². The van der Waals surface area contributed by atoms with Gasteiger partial charge in [0.05, 0.1) is 0 Å². The summed E-state index contributed by atoms with van der Waals surface area (Å²) in [5, 5.41) is 10.1. The molecule has 0 radical (unpaired) electrons. The number of rotatable bonds is 1. The van der Waals surface area contributed by atoms with Gasteiger partial charge in [0.2, 0.25) is 0 Å². The van der Waals surface area contributed by atoms with Gasteiger partial charge in [0, 0.05) is 19.1 Å². The Bertz CT molecular complexity index is 664. The molecule has 108 valence electrons. The highest BCUT2D eigenvalue weighted by Gasteiger charge is 2.29. The predicted octanol–water partition coefficient (Wildman–Crippen LogP) is 3.83. The minimum Gasteiger partial charge on any atom is -0.508 e. The van der Waals surface area contributed by atoms with Gasteiger partial charge in [-0.3, -0.25) is 4.90 Å². The van der Waals surface area contributed by atoms with Gasteiger partial charge in [0.15, 0.2) is 0 Å². The maximum absolute atomic E-state index is 10.1. The van der Waals surface area contributed by atoms with Crippen LogP contribution in [0.1, 0.15) is 41.1 Å². The van der Waals surface area contributed by atoms with Crippen LogP contribution in [0.4, 0.5) is 0 Å². The minimum absolute atomic E-state index is 0.467. The zero-order chi connectivity index (χ0) is 14.2. The van der Waals surface area contributed by atoms with Gasteiger partial charge in [0.25, 0.3) is 0 Å². The van der Waals surface area contributed by atoms with Crippen molar-refractivity contribution in [2.45, 2.75) is 38.3 Å². The normalized spacial score (nSPS) is 21.6. The molecule has 0 amide bonds. The van der Waals surface area contributed by atoms with Crippen LogP contribution in [-0.2, 0) is 19.4 Å². The predicted molar refractivity (Wildman–Crippen MR) is 84.3 cm³/mol. The lowest BCUT2D eigenvalue weighted by atomic mass is 9.85. The van der Waals surface area contributed by atoms with Crippen molar-refractivity contribution in [2.75, 3.05) is 6.54 Å². The molecule has 0 bridgehead atoms. The van der Waals surface area contributed by atoms with E-state index in [4.69, 9.17) is 0 Å². The van der Waals surface area contributed by atoms with Crippen molar-refractivity contribution < 1.29 is 5.11 Å². The van der Waals surface area contributed by atoms with Crippen molar-refractivity contribution in [1.82, 2.24) is 4.90 Å². The van der Waals surface area contributed by atoms with Crippen LogP contribution in [0.15, 0.2) is 42.5 Å². The third-order valence-electron chi connectivity index (χ3n) is 5.05. The summed E-state index contributed by atoms with van der Waals surface area (Å²) in [6, 6.07) is 15.3. The second-order valence-electron chi connectivity index (χ2n) is 6.24. The van der Waals surface area contributed by atoms with Crippen LogP contribution in [0, 0.1) is 0 Å². The van der Waals surface area contributed by atoms with Crippen molar-refractivity contribution in [3.05, 3.63) is 64.7 Å². The Balaban J connectivity index is 1.66. The van der Waals surface area contributed by atoms with Crippen LogP contribution in [0.2, 0.25) is 0 Å². The SMILES string of the molecule is Oc1cccc2c1CCCC2N1CCc2ccccc2C1. The molecule has 0 aromatic heterocycles. The van der Waals surface area contributed by atoms with E-state index in [2.05, 4.69) is 35.2 Å². The fraction of sp³-hybridized carbons (Fsp3) is 0.368. The number of hydrogen-bond acceptors (Lipinski definition) is 2. The number of hydrogen-bond donors (Lipinski definition) is 1. The Morgan fingerprint density at radius 3 is 2.71 bits per heavy atom. The molecular weight excluding hydrogens is 258 g/mol. The van der Waals surface area contributed by atoms with Crippen molar-refractivity contribution in [3.63, 3.8) is 0 Å². The molecule has 0 saturated carbocycles. The number of phenols is 1. The summed E-state index contributed by atoms with van der Waals surface area (Å²) < 4.78 is 0. The molecule has 2 nitrogen and oxygen atoms in total. The van der Waals surface area contributed by atoms with Crippen molar-refractivity contribution in [3.8, 4) is 5.75 Å². The zero-order valence-corrected chi connectivity index (χ0v) is 12.3. The largest absolute Gasteiger partial charge is 0.508 e. The molecule has 2 aromatic rings. The fourth-order valence-electron chi connectivity index (χ4n) is 3.97. The van der Waals surface area contributed by atoms with Crippen LogP contribution < -0.4 is 0 Å². The topological polar surface area (TPSA) is 23.5 Å².